The smallest absolute Gasteiger partial charge is 0.311 e. The summed E-state index contributed by atoms with van der Waals surface area (Å²) in [4.78, 5) is 34.5. The highest BCUT2D eigenvalue weighted by Gasteiger charge is 2.49. The third kappa shape index (κ3) is 6.27. The van der Waals surface area contributed by atoms with Crippen molar-refractivity contribution in [3.05, 3.63) is 34.4 Å². The molecule has 4 atom stereocenters. The monoisotopic (exact) mass is 469 g/mol. The molecule has 2 rings (SSSR count). The van der Waals surface area contributed by atoms with Crippen molar-refractivity contribution < 1.29 is 37.9 Å². The summed E-state index contributed by atoms with van der Waals surface area (Å²) in [6.45, 7) is 8.66. The van der Waals surface area contributed by atoms with E-state index in [1.807, 2.05) is 0 Å². The van der Waals surface area contributed by atoms with E-state index in [0.717, 1.165) is 18.1 Å². The molecule has 0 amide bonds. The molecule has 11 heteroatoms. The lowest BCUT2D eigenvalue weighted by Crippen LogP contribution is -2.61. The Morgan fingerprint density at radius 1 is 1.06 bits per heavy atom. The fourth-order valence-corrected chi connectivity index (χ4v) is 6.60. The van der Waals surface area contributed by atoms with Gasteiger partial charge in [-0.3, -0.25) is 19.7 Å². The minimum absolute atomic E-state index is 0.00968. The van der Waals surface area contributed by atoms with Gasteiger partial charge in [0.25, 0.3) is 0 Å². The second kappa shape index (κ2) is 11.4. The zero-order valence-corrected chi connectivity index (χ0v) is 20.1. The van der Waals surface area contributed by atoms with Crippen LogP contribution in [0.4, 0.5) is 5.69 Å². The Hall–Kier alpha value is -2.50. The molecule has 0 N–H and O–H groups in total. The zero-order valence-electron chi connectivity index (χ0n) is 19.1. The quantitative estimate of drug-likeness (QED) is 0.219. The number of rotatable bonds is 10. The zero-order chi connectivity index (χ0) is 23.9. The molecule has 1 aromatic carbocycles. The lowest BCUT2D eigenvalue weighted by Gasteiger charge is -2.43. The molecule has 0 bridgehead atoms. The summed E-state index contributed by atoms with van der Waals surface area (Å²) in [5.74, 6) is -1.28. The Morgan fingerprint density at radius 3 is 2.16 bits per heavy atom. The van der Waals surface area contributed by atoms with Gasteiger partial charge < -0.3 is 23.4 Å². The molecule has 1 fully saturated rings. The maximum absolute atomic E-state index is 11.9. The van der Waals surface area contributed by atoms with Crippen LogP contribution < -0.4 is 4.74 Å². The molecule has 0 unspecified atom stereocenters. The van der Waals surface area contributed by atoms with E-state index < -0.39 is 49.8 Å². The van der Waals surface area contributed by atoms with Gasteiger partial charge >= 0.3 is 17.6 Å². The van der Waals surface area contributed by atoms with Crippen LogP contribution in [0.5, 0.6) is 5.75 Å². The molecular weight excluding hydrogens is 438 g/mol. The summed E-state index contributed by atoms with van der Waals surface area (Å²) < 4.78 is 29.0. The SMILES string of the molecule is CC[Si](CC)(CC)O[C@@H]1CO[C@H](Oc2ccccc2[N+](=O)[O-])[C@@H](OC(C)=O)[C@H]1OC(C)=O. The summed E-state index contributed by atoms with van der Waals surface area (Å²) in [5.41, 5.74) is -0.269. The van der Waals surface area contributed by atoms with Gasteiger partial charge in [-0.2, -0.15) is 0 Å². The summed E-state index contributed by atoms with van der Waals surface area (Å²) in [6, 6.07) is 8.36. The number of hydrogen-bond donors (Lipinski definition) is 0. The average molecular weight is 470 g/mol. The van der Waals surface area contributed by atoms with Gasteiger partial charge in [-0.05, 0) is 24.2 Å². The number of hydrogen-bond acceptors (Lipinski definition) is 9. The Morgan fingerprint density at radius 2 is 1.62 bits per heavy atom. The first kappa shape index (κ1) is 25.8. The van der Waals surface area contributed by atoms with Crippen molar-refractivity contribution in [2.45, 2.75) is 77.4 Å². The second-order valence-corrected chi connectivity index (χ2v) is 12.3. The van der Waals surface area contributed by atoms with Crippen LogP contribution in [0.2, 0.25) is 18.1 Å². The van der Waals surface area contributed by atoms with Crippen molar-refractivity contribution in [3.63, 3.8) is 0 Å². The first-order chi connectivity index (χ1) is 15.2. The minimum Gasteiger partial charge on any atom is -0.455 e. The van der Waals surface area contributed by atoms with Gasteiger partial charge in [0, 0.05) is 19.9 Å². The number of para-hydroxylation sites is 2. The van der Waals surface area contributed by atoms with Crippen LogP contribution in [0.1, 0.15) is 34.6 Å². The van der Waals surface area contributed by atoms with Gasteiger partial charge in [0.15, 0.2) is 20.2 Å². The molecule has 1 heterocycles. The van der Waals surface area contributed by atoms with Crippen molar-refractivity contribution in [2.75, 3.05) is 6.61 Å². The lowest BCUT2D eigenvalue weighted by atomic mass is 10.0. The van der Waals surface area contributed by atoms with Gasteiger partial charge in [-0.25, -0.2) is 0 Å². The van der Waals surface area contributed by atoms with E-state index in [1.165, 1.54) is 32.0 Å². The molecule has 1 saturated heterocycles. The fourth-order valence-electron chi connectivity index (χ4n) is 3.75. The highest BCUT2D eigenvalue weighted by Crippen LogP contribution is 2.33. The van der Waals surface area contributed by atoms with E-state index in [-0.39, 0.29) is 18.0 Å². The molecule has 0 radical (unpaired) electrons. The van der Waals surface area contributed by atoms with E-state index in [4.69, 9.17) is 23.4 Å². The molecule has 178 valence electrons. The molecule has 0 aromatic heterocycles. The van der Waals surface area contributed by atoms with E-state index in [9.17, 15) is 19.7 Å². The number of ether oxygens (including phenoxy) is 4. The number of nitro groups is 1. The summed E-state index contributed by atoms with van der Waals surface area (Å²) in [6.07, 6.45) is -4.06. The maximum atomic E-state index is 11.9. The maximum Gasteiger partial charge on any atom is 0.311 e. The van der Waals surface area contributed by atoms with Gasteiger partial charge in [-0.15, -0.1) is 0 Å². The summed E-state index contributed by atoms with van der Waals surface area (Å²) in [5, 5.41) is 11.4. The number of esters is 2. The minimum atomic E-state index is -2.13. The van der Waals surface area contributed by atoms with Crippen LogP contribution in [0.25, 0.3) is 0 Å². The van der Waals surface area contributed by atoms with Gasteiger partial charge in [-0.1, -0.05) is 32.9 Å². The van der Waals surface area contributed by atoms with Gasteiger partial charge in [0.05, 0.1) is 11.5 Å². The molecular formula is C21H31NO9Si. The molecule has 1 aliphatic rings. The van der Waals surface area contributed by atoms with Crippen molar-refractivity contribution in [1.82, 2.24) is 0 Å². The molecule has 0 saturated carbocycles. The highest BCUT2D eigenvalue weighted by molar-refractivity contribution is 6.73. The highest BCUT2D eigenvalue weighted by atomic mass is 28.4. The molecule has 0 aliphatic carbocycles. The Kier molecular flexibility index (Phi) is 9.17. The molecule has 10 nitrogen and oxygen atoms in total. The topological polar surface area (TPSA) is 123 Å². The van der Waals surface area contributed by atoms with E-state index in [1.54, 1.807) is 6.07 Å². The first-order valence-electron chi connectivity index (χ1n) is 10.7. The van der Waals surface area contributed by atoms with E-state index in [2.05, 4.69) is 20.8 Å². The van der Waals surface area contributed by atoms with Crippen LogP contribution in [0.3, 0.4) is 0 Å². The Balaban J connectivity index is 2.39. The first-order valence-corrected chi connectivity index (χ1v) is 13.2. The van der Waals surface area contributed by atoms with Crippen LogP contribution in [0.15, 0.2) is 24.3 Å². The number of nitrogens with zero attached hydrogens (tertiary/aromatic N) is 1. The second-order valence-electron chi connectivity index (χ2n) is 7.59. The number of nitro benzene ring substituents is 1. The van der Waals surface area contributed by atoms with Crippen molar-refractivity contribution in [1.29, 1.82) is 0 Å². The van der Waals surface area contributed by atoms with Crippen molar-refractivity contribution >= 4 is 25.9 Å². The van der Waals surface area contributed by atoms with Crippen LogP contribution >= 0.6 is 0 Å². The van der Waals surface area contributed by atoms with Crippen molar-refractivity contribution in [3.8, 4) is 5.75 Å². The van der Waals surface area contributed by atoms with E-state index in [0.29, 0.717) is 0 Å². The van der Waals surface area contributed by atoms with Crippen molar-refractivity contribution in [2.24, 2.45) is 0 Å². The predicted octanol–water partition coefficient (Wildman–Crippen LogP) is 3.58. The average Bonchev–Trinajstić information content (AvgIpc) is 2.75. The Bertz CT molecular complexity index is 806. The lowest BCUT2D eigenvalue weighted by molar-refractivity contribution is -0.386. The third-order valence-electron chi connectivity index (χ3n) is 5.63. The fraction of sp³-hybridized carbons (Fsp3) is 0.619. The van der Waals surface area contributed by atoms with Gasteiger partial charge in [0.1, 0.15) is 6.10 Å². The largest absolute Gasteiger partial charge is 0.455 e. The van der Waals surface area contributed by atoms with E-state index >= 15 is 0 Å². The third-order valence-corrected chi connectivity index (χ3v) is 10.3. The van der Waals surface area contributed by atoms with Crippen LogP contribution in [-0.2, 0) is 28.2 Å². The standard InChI is InChI=1S/C21H31NO9Si/c1-6-32(7-2,8-3)31-18-13-27-21(20(29-15(5)24)19(18)28-14(4)23)30-17-12-10-9-11-16(17)22(25)26/h9-12,18-21H,6-8,13H2,1-5H3/t18-,19+,20+,21-/m1/s1. The number of carbonyl (C=O) groups is 2. The Labute approximate surface area is 188 Å². The molecule has 0 spiro atoms. The number of carbonyl (C=O) groups excluding carboxylic acids is 2. The van der Waals surface area contributed by atoms with Crippen LogP contribution in [-0.4, -0.2) is 56.4 Å². The predicted molar refractivity (Wildman–Crippen MR) is 117 cm³/mol. The van der Waals surface area contributed by atoms with Crippen LogP contribution in [0, 0.1) is 10.1 Å². The number of benzene rings is 1. The summed E-state index contributed by atoms with van der Waals surface area (Å²) in [7, 11) is -2.13. The molecule has 1 aliphatic heterocycles. The molecule has 32 heavy (non-hydrogen) atoms. The van der Waals surface area contributed by atoms with Gasteiger partial charge in [0.2, 0.25) is 12.4 Å². The summed E-state index contributed by atoms with van der Waals surface area (Å²) >= 11 is 0. The normalized spacial score (nSPS) is 23.3. The molecule has 1 aromatic rings.